The van der Waals surface area contributed by atoms with Crippen molar-refractivity contribution in [1.29, 1.82) is 0 Å². The normalized spacial score (nSPS) is 13.9. The van der Waals surface area contributed by atoms with E-state index in [4.69, 9.17) is 15.4 Å². The molecular formula is C11H23ClO3S. The quantitative estimate of drug-likeness (QED) is 0.452. The van der Waals surface area contributed by atoms with E-state index >= 15 is 0 Å². The van der Waals surface area contributed by atoms with Crippen LogP contribution in [0.4, 0.5) is 0 Å². The molecular weight excluding hydrogens is 248 g/mol. The summed E-state index contributed by atoms with van der Waals surface area (Å²) in [5, 5.41) is 0. The maximum absolute atomic E-state index is 11.0. The molecule has 1 unspecified atom stereocenters. The number of hydrogen-bond acceptors (Lipinski definition) is 3. The highest BCUT2D eigenvalue weighted by Gasteiger charge is 2.16. The van der Waals surface area contributed by atoms with Crippen LogP contribution in [0.3, 0.4) is 0 Å². The highest BCUT2D eigenvalue weighted by atomic mass is 35.7. The van der Waals surface area contributed by atoms with Crippen LogP contribution in [0.15, 0.2) is 0 Å². The van der Waals surface area contributed by atoms with Gasteiger partial charge in [0.05, 0.1) is 12.4 Å². The van der Waals surface area contributed by atoms with Crippen LogP contribution in [0.1, 0.15) is 46.0 Å². The minimum Gasteiger partial charge on any atom is -0.381 e. The first kappa shape index (κ1) is 16.2. The van der Waals surface area contributed by atoms with Gasteiger partial charge in [0.25, 0.3) is 0 Å². The maximum Gasteiger partial charge on any atom is 0.232 e. The van der Waals surface area contributed by atoms with Gasteiger partial charge in [0.1, 0.15) is 0 Å². The van der Waals surface area contributed by atoms with Crippen LogP contribution in [0, 0.1) is 5.92 Å². The van der Waals surface area contributed by atoms with Crippen LogP contribution >= 0.6 is 10.7 Å². The predicted octanol–water partition coefficient (Wildman–Crippen LogP) is 3.18. The molecule has 0 radical (unpaired) electrons. The van der Waals surface area contributed by atoms with Crippen LogP contribution in [0.5, 0.6) is 0 Å². The summed E-state index contributed by atoms with van der Waals surface area (Å²) >= 11 is 0. The molecule has 3 nitrogen and oxygen atoms in total. The summed E-state index contributed by atoms with van der Waals surface area (Å²) in [6.45, 7) is 5.39. The Balaban J connectivity index is 3.77. The highest BCUT2D eigenvalue weighted by molar-refractivity contribution is 8.13. The van der Waals surface area contributed by atoms with E-state index in [1.165, 1.54) is 0 Å². The van der Waals surface area contributed by atoms with E-state index in [2.05, 4.69) is 6.92 Å². The minimum atomic E-state index is -3.40. The first-order chi connectivity index (χ1) is 7.49. The van der Waals surface area contributed by atoms with E-state index in [1.807, 2.05) is 6.92 Å². The van der Waals surface area contributed by atoms with Gasteiger partial charge in [-0.15, -0.1) is 0 Å². The molecule has 1 atom stereocenters. The Hall–Kier alpha value is 0.200. The van der Waals surface area contributed by atoms with Crippen LogP contribution in [0.25, 0.3) is 0 Å². The van der Waals surface area contributed by atoms with Gasteiger partial charge < -0.3 is 4.74 Å². The second-order valence-electron chi connectivity index (χ2n) is 4.14. The number of rotatable bonds is 10. The van der Waals surface area contributed by atoms with Gasteiger partial charge in [0, 0.05) is 17.3 Å². The predicted molar refractivity (Wildman–Crippen MR) is 68.4 cm³/mol. The average Bonchev–Trinajstić information content (AvgIpc) is 2.15. The monoisotopic (exact) mass is 270 g/mol. The summed E-state index contributed by atoms with van der Waals surface area (Å²) in [6.07, 6.45) is 5.17. The molecule has 0 spiro atoms. The van der Waals surface area contributed by atoms with Crippen molar-refractivity contribution < 1.29 is 13.2 Å². The Morgan fingerprint density at radius 3 is 2.38 bits per heavy atom. The van der Waals surface area contributed by atoms with E-state index in [9.17, 15) is 8.42 Å². The van der Waals surface area contributed by atoms with E-state index in [0.29, 0.717) is 6.61 Å². The van der Waals surface area contributed by atoms with E-state index in [1.54, 1.807) is 0 Å². The topological polar surface area (TPSA) is 43.4 Å². The summed E-state index contributed by atoms with van der Waals surface area (Å²) in [4.78, 5) is 0. The molecule has 0 aliphatic heterocycles. The molecule has 0 aromatic rings. The van der Waals surface area contributed by atoms with E-state index < -0.39 is 9.05 Å². The lowest BCUT2D eigenvalue weighted by atomic mass is 10.1. The van der Waals surface area contributed by atoms with Gasteiger partial charge in [-0.2, -0.15) is 0 Å². The smallest absolute Gasteiger partial charge is 0.232 e. The summed E-state index contributed by atoms with van der Waals surface area (Å²) in [6, 6.07) is 0. The number of hydrogen-bond donors (Lipinski definition) is 0. The van der Waals surface area contributed by atoms with Crippen molar-refractivity contribution in [3.05, 3.63) is 0 Å². The summed E-state index contributed by atoms with van der Waals surface area (Å²) in [5.74, 6) is 0.0602. The van der Waals surface area contributed by atoms with Crippen LogP contribution in [-0.4, -0.2) is 27.4 Å². The third-order valence-electron chi connectivity index (χ3n) is 2.38. The van der Waals surface area contributed by atoms with Crippen molar-refractivity contribution in [2.24, 2.45) is 5.92 Å². The van der Waals surface area contributed by atoms with Crippen LogP contribution in [0.2, 0.25) is 0 Å². The second kappa shape index (κ2) is 9.25. The molecule has 0 aliphatic rings. The SMILES string of the molecule is CCCCCOCC(CCC)CS(=O)(=O)Cl. The van der Waals surface area contributed by atoms with Crippen LogP contribution in [-0.2, 0) is 13.8 Å². The van der Waals surface area contributed by atoms with E-state index in [0.717, 1.165) is 38.7 Å². The lowest BCUT2D eigenvalue weighted by Gasteiger charge is -2.14. The highest BCUT2D eigenvalue weighted by Crippen LogP contribution is 2.13. The molecule has 0 aliphatic carbocycles. The molecule has 0 rings (SSSR count). The molecule has 98 valence electrons. The van der Waals surface area contributed by atoms with Gasteiger partial charge in [0.2, 0.25) is 9.05 Å². The first-order valence-electron chi connectivity index (χ1n) is 5.99. The van der Waals surface area contributed by atoms with Crippen molar-refractivity contribution in [2.75, 3.05) is 19.0 Å². The molecule has 0 fully saturated rings. The molecule has 0 aromatic heterocycles. The molecule has 0 aromatic carbocycles. The molecule has 0 N–H and O–H groups in total. The molecule has 0 heterocycles. The average molecular weight is 271 g/mol. The largest absolute Gasteiger partial charge is 0.381 e. The Morgan fingerprint density at radius 2 is 1.88 bits per heavy atom. The Morgan fingerprint density at radius 1 is 1.19 bits per heavy atom. The van der Waals surface area contributed by atoms with Gasteiger partial charge in [0.15, 0.2) is 0 Å². The van der Waals surface area contributed by atoms with Crippen molar-refractivity contribution >= 4 is 19.7 Å². The Labute approximate surface area is 104 Å². The Bertz CT molecular complexity index is 252. The van der Waals surface area contributed by atoms with Gasteiger partial charge in [-0.05, 0) is 18.8 Å². The summed E-state index contributed by atoms with van der Waals surface area (Å²) in [7, 11) is 1.84. The summed E-state index contributed by atoms with van der Waals surface area (Å²) < 4.78 is 27.4. The summed E-state index contributed by atoms with van der Waals surface area (Å²) in [5.41, 5.74) is 0. The number of halogens is 1. The fourth-order valence-electron chi connectivity index (χ4n) is 1.61. The minimum absolute atomic E-state index is 0.0240. The molecule has 0 saturated heterocycles. The lowest BCUT2D eigenvalue weighted by molar-refractivity contribution is 0.0995. The number of ether oxygens (including phenoxy) is 1. The van der Waals surface area contributed by atoms with E-state index in [-0.39, 0.29) is 11.7 Å². The van der Waals surface area contributed by atoms with Crippen molar-refractivity contribution in [1.82, 2.24) is 0 Å². The van der Waals surface area contributed by atoms with Crippen molar-refractivity contribution in [3.63, 3.8) is 0 Å². The third-order valence-corrected chi connectivity index (χ3v) is 3.63. The van der Waals surface area contributed by atoms with Gasteiger partial charge >= 0.3 is 0 Å². The standard InChI is InChI=1S/C11H23ClO3S/c1-3-5-6-8-15-9-11(7-4-2)10-16(12,13)14/h11H,3-10H2,1-2H3. The zero-order chi connectivity index (χ0) is 12.4. The Kier molecular flexibility index (Phi) is 9.37. The number of unbranched alkanes of at least 4 members (excludes halogenated alkanes) is 2. The zero-order valence-electron chi connectivity index (χ0n) is 10.2. The van der Waals surface area contributed by atoms with Gasteiger partial charge in [-0.3, -0.25) is 0 Å². The molecule has 5 heteroatoms. The van der Waals surface area contributed by atoms with Gasteiger partial charge in [-0.1, -0.05) is 33.1 Å². The van der Waals surface area contributed by atoms with Crippen LogP contribution < -0.4 is 0 Å². The fraction of sp³-hybridized carbons (Fsp3) is 1.00. The first-order valence-corrected chi connectivity index (χ1v) is 8.47. The van der Waals surface area contributed by atoms with Gasteiger partial charge in [-0.25, -0.2) is 8.42 Å². The fourth-order valence-corrected chi connectivity index (χ4v) is 2.97. The zero-order valence-corrected chi connectivity index (χ0v) is 11.8. The molecule has 0 saturated carbocycles. The third kappa shape index (κ3) is 10.7. The lowest BCUT2D eigenvalue weighted by Crippen LogP contribution is -2.18. The molecule has 0 amide bonds. The van der Waals surface area contributed by atoms with Crippen molar-refractivity contribution in [3.8, 4) is 0 Å². The maximum atomic E-state index is 11.0. The second-order valence-corrected chi connectivity index (χ2v) is 6.96. The van der Waals surface area contributed by atoms with Crippen molar-refractivity contribution in [2.45, 2.75) is 46.0 Å². The molecule has 16 heavy (non-hydrogen) atoms. The molecule has 0 bridgehead atoms.